The predicted molar refractivity (Wildman–Crippen MR) is 118 cm³/mol. The number of hydrogen-bond donors (Lipinski definition) is 1. The van der Waals surface area contributed by atoms with Crippen molar-refractivity contribution in [2.45, 2.75) is 40.2 Å². The van der Waals surface area contributed by atoms with Gasteiger partial charge in [0.15, 0.2) is 0 Å². The molecule has 5 nitrogen and oxygen atoms in total. The van der Waals surface area contributed by atoms with Crippen LogP contribution in [0.2, 0.25) is 0 Å². The number of nitrogens with zero attached hydrogens (tertiary/aromatic N) is 2. The van der Waals surface area contributed by atoms with Gasteiger partial charge in [0.2, 0.25) is 0 Å². The van der Waals surface area contributed by atoms with E-state index in [-0.39, 0.29) is 0 Å². The number of halogens is 1. The fraction of sp³-hybridized carbons (Fsp3) is 0.273. The van der Waals surface area contributed by atoms with Crippen LogP contribution in [0.25, 0.3) is 10.9 Å². The Hall–Kier alpha value is -2.60. The maximum absolute atomic E-state index is 12.6. The maximum atomic E-state index is 12.6. The molecule has 1 aromatic heterocycles. The van der Waals surface area contributed by atoms with E-state index in [4.69, 9.17) is 4.74 Å². The van der Waals surface area contributed by atoms with Crippen LogP contribution < -0.4 is 5.43 Å². The van der Waals surface area contributed by atoms with Gasteiger partial charge in [-0.25, -0.2) is 4.79 Å². The number of nitrogens with one attached hydrogen (secondary N) is 1. The number of anilines is 1. The smallest absolute Gasteiger partial charge is 0.419 e. The van der Waals surface area contributed by atoms with Crippen molar-refractivity contribution in [3.05, 3.63) is 63.8 Å². The average molecular weight is 442 g/mol. The molecule has 0 bridgehead atoms. The SMILES string of the molecule is Cc1ccc(N/N=C/c2cn(C(=O)OC(C)(C)C)c3cc(Br)ccc23)c(C)c1. The molecule has 146 valence electrons. The molecule has 0 aliphatic heterocycles. The zero-order valence-electron chi connectivity index (χ0n) is 16.7. The van der Waals surface area contributed by atoms with Crippen molar-refractivity contribution < 1.29 is 9.53 Å². The van der Waals surface area contributed by atoms with Crippen molar-refractivity contribution in [1.29, 1.82) is 0 Å². The first-order chi connectivity index (χ1) is 13.1. The molecule has 0 unspecified atom stereocenters. The van der Waals surface area contributed by atoms with Gasteiger partial charge in [-0.1, -0.05) is 39.7 Å². The van der Waals surface area contributed by atoms with Crippen LogP contribution in [-0.4, -0.2) is 22.5 Å². The topological polar surface area (TPSA) is 55.6 Å². The summed E-state index contributed by atoms with van der Waals surface area (Å²) >= 11 is 3.47. The summed E-state index contributed by atoms with van der Waals surface area (Å²) in [5, 5.41) is 5.29. The first-order valence-electron chi connectivity index (χ1n) is 9.04. The van der Waals surface area contributed by atoms with E-state index in [0.717, 1.165) is 32.2 Å². The van der Waals surface area contributed by atoms with Crippen molar-refractivity contribution >= 4 is 44.8 Å². The first kappa shape index (κ1) is 20.1. The van der Waals surface area contributed by atoms with E-state index in [2.05, 4.69) is 39.4 Å². The third-order valence-electron chi connectivity index (χ3n) is 4.16. The van der Waals surface area contributed by atoms with Gasteiger partial charge in [-0.05, 0) is 58.4 Å². The lowest BCUT2D eigenvalue weighted by Gasteiger charge is -2.19. The Kier molecular flexibility index (Phi) is 5.61. The predicted octanol–water partition coefficient (Wildman–Crippen LogP) is 6.25. The summed E-state index contributed by atoms with van der Waals surface area (Å²) in [5.41, 5.74) is 7.36. The van der Waals surface area contributed by atoms with Crippen LogP contribution in [0.4, 0.5) is 10.5 Å². The third-order valence-corrected chi connectivity index (χ3v) is 4.65. The number of benzene rings is 2. The molecule has 2 aromatic carbocycles. The molecule has 6 heteroatoms. The molecule has 0 saturated heterocycles. The standard InChI is InChI=1S/C22H24BrN3O2/c1-14-6-9-19(15(2)10-14)25-24-12-16-13-26(21(27)28-22(3,4)5)20-11-17(23)7-8-18(16)20/h6-13,25H,1-5H3/b24-12+. The summed E-state index contributed by atoms with van der Waals surface area (Å²) in [6.07, 6.45) is 3.05. The molecule has 0 aliphatic rings. The van der Waals surface area contributed by atoms with E-state index in [9.17, 15) is 4.79 Å². The van der Waals surface area contributed by atoms with Gasteiger partial charge in [0.05, 0.1) is 17.4 Å². The Labute approximate surface area is 173 Å². The maximum Gasteiger partial charge on any atom is 0.419 e. The van der Waals surface area contributed by atoms with Crippen LogP contribution in [0.3, 0.4) is 0 Å². The average Bonchev–Trinajstić information content (AvgIpc) is 2.93. The highest BCUT2D eigenvalue weighted by Gasteiger charge is 2.20. The van der Waals surface area contributed by atoms with Crippen molar-refractivity contribution in [3.63, 3.8) is 0 Å². The molecule has 0 amide bonds. The summed E-state index contributed by atoms with van der Waals surface area (Å²) in [4.78, 5) is 12.6. The van der Waals surface area contributed by atoms with Gasteiger partial charge in [0.25, 0.3) is 0 Å². The summed E-state index contributed by atoms with van der Waals surface area (Å²) in [5.74, 6) is 0. The second-order valence-electron chi connectivity index (χ2n) is 7.78. The minimum atomic E-state index is -0.571. The summed E-state index contributed by atoms with van der Waals surface area (Å²) in [7, 11) is 0. The molecule has 1 heterocycles. The monoisotopic (exact) mass is 441 g/mol. The number of aryl methyl sites for hydroxylation is 2. The second-order valence-corrected chi connectivity index (χ2v) is 8.70. The normalized spacial score (nSPS) is 11.9. The highest BCUT2D eigenvalue weighted by molar-refractivity contribution is 9.10. The number of carbonyl (C=O) groups is 1. The first-order valence-corrected chi connectivity index (χ1v) is 9.83. The van der Waals surface area contributed by atoms with Gasteiger partial charge in [0.1, 0.15) is 5.60 Å². The van der Waals surface area contributed by atoms with Crippen LogP contribution in [0.1, 0.15) is 37.5 Å². The van der Waals surface area contributed by atoms with E-state index in [0.29, 0.717) is 0 Å². The van der Waals surface area contributed by atoms with Crippen LogP contribution in [0.5, 0.6) is 0 Å². The van der Waals surface area contributed by atoms with Gasteiger partial charge >= 0.3 is 6.09 Å². The Morgan fingerprint density at radius 2 is 1.93 bits per heavy atom. The quantitative estimate of drug-likeness (QED) is 0.385. The number of carbonyl (C=O) groups excluding carboxylic acids is 1. The van der Waals surface area contributed by atoms with Gasteiger partial charge in [-0.15, -0.1) is 0 Å². The fourth-order valence-electron chi connectivity index (χ4n) is 2.90. The zero-order valence-corrected chi connectivity index (χ0v) is 18.3. The van der Waals surface area contributed by atoms with Crippen LogP contribution in [0, 0.1) is 13.8 Å². The van der Waals surface area contributed by atoms with Crippen molar-refractivity contribution in [2.24, 2.45) is 5.10 Å². The van der Waals surface area contributed by atoms with Gasteiger partial charge in [-0.3, -0.25) is 9.99 Å². The van der Waals surface area contributed by atoms with Crippen LogP contribution in [-0.2, 0) is 4.74 Å². The molecule has 3 rings (SSSR count). The highest BCUT2D eigenvalue weighted by Crippen LogP contribution is 2.25. The van der Waals surface area contributed by atoms with Crippen molar-refractivity contribution in [2.75, 3.05) is 5.43 Å². The largest absolute Gasteiger partial charge is 0.443 e. The number of hydrazone groups is 1. The Bertz CT molecular complexity index is 1060. The molecule has 0 saturated carbocycles. The number of hydrogen-bond acceptors (Lipinski definition) is 4. The molecule has 0 fully saturated rings. The Balaban J connectivity index is 1.94. The molecule has 0 spiro atoms. The lowest BCUT2D eigenvalue weighted by molar-refractivity contribution is 0.0544. The minimum Gasteiger partial charge on any atom is -0.443 e. The summed E-state index contributed by atoms with van der Waals surface area (Å²) in [6, 6.07) is 11.9. The van der Waals surface area contributed by atoms with Gasteiger partial charge in [-0.2, -0.15) is 5.10 Å². The molecule has 0 aliphatic carbocycles. The number of ether oxygens (including phenoxy) is 1. The number of fused-ring (bicyclic) bond motifs is 1. The van der Waals surface area contributed by atoms with E-state index in [1.165, 1.54) is 10.1 Å². The summed E-state index contributed by atoms with van der Waals surface area (Å²) in [6.45, 7) is 9.65. The van der Waals surface area contributed by atoms with E-state index < -0.39 is 11.7 Å². The van der Waals surface area contributed by atoms with Crippen molar-refractivity contribution in [1.82, 2.24) is 4.57 Å². The van der Waals surface area contributed by atoms with Crippen LogP contribution in [0.15, 0.2) is 52.2 Å². The molecular formula is C22H24BrN3O2. The number of aromatic nitrogens is 1. The lowest BCUT2D eigenvalue weighted by atomic mass is 10.1. The zero-order chi connectivity index (χ0) is 20.5. The lowest BCUT2D eigenvalue weighted by Crippen LogP contribution is -2.26. The van der Waals surface area contributed by atoms with E-state index in [1.807, 2.05) is 58.0 Å². The highest BCUT2D eigenvalue weighted by atomic mass is 79.9. The van der Waals surface area contributed by atoms with Crippen LogP contribution >= 0.6 is 15.9 Å². The van der Waals surface area contributed by atoms with E-state index >= 15 is 0 Å². The van der Waals surface area contributed by atoms with E-state index in [1.54, 1.807) is 12.4 Å². The van der Waals surface area contributed by atoms with Crippen molar-refractivity contribution in [3.8, 4) is 0 Å². The molecule has 1 N–H and O–H groups in total. The Morgan fingerprint density at radius 3 is 2.61 bits per heavy atom. The second kappa shape index (κ2) is 7.80. The molecule has 0 atom stereocenters. The third kappa shape index (κ3) is 4.62. The molecule has 3 aromatic rings. The van der Waals surface area contributed by atoms with Gasteiger partial charge in [0, 0.05) is 21.6 Å². The molecule has 0 radical (unpaired) electrons. The molecular weight excluding hydrogens is 418 g/mol. The fourth-order valence-corrected chi connectivity index (χ4v) is 3.25. The summed E-state index contributed by atoms with van der Waals surface area (Å²) < 4.78 is 7.94. The molecule has 28 heavy (non-hydrogen) atoms. The Morgan fingerprint density at radius 1 is 1.18 bits per heavy atom. The number of rotatable bonds is 3. The minimum absolute atomic E-state index is 0.419. The van der Waals surface area contributed by atoms with Gasteiger partial charge < -0.3 is 4.74 Å².